The fourth-order valence-electron chi connectivity index (χ4n) is 2.89. The normalized spacial score (nSPS) is 16.7. The number of hydrogen-bond acceptors (Lipinski definition) is 3. The van der Waals surface area contributed by atoms with E-state index in [2.05, 4.69) is 5.32 Å². The van der Waals surface area contributed by atoms with Crippen LogP contribution in [0.2, 0.25) is 0 Å². The van der Waals surface area contributed by atoms with Crippen molar-refractivity contribution in [2.75, 3.05) is 18.5 Å². The predicted molar refractivity (Wildman–Crippen MR) is 99.5 cm³/mol. The van der Waals surface area contributed by atoms with Crippen molar-refractivity contribution in [3.8, 4) is 5.75 Å². The Morgan fingerprint density at radius 1 is 1.16 bits per heavy atom. The van der Waals surface area contributed by atoms with Crippen molar-refractivity contribution in [1.29, 1.82) is 0 Å². The summed E-state index contributed by atoms with van der Waals surface area (Å²) < 4.78 is 11.5. The van der Waals surface area contributed by atoms with E-state index < -0.39 is 0 Å². The summed E-state index contributed by atoms with van der Waals surface area (Å²) in [6.07, 6.45) is 2.25. The van der Waals surface area contributed by atoms with Crippen LogP contribution in [0.1, 0.15) is 39.9 Å². The van der Waals surface area contributed by atoms with E-state index in [0.717, 1.165) is 30.6 Å². The Labute approximate surface area is 149 Å². The Bertz CT molecular complexity index is 764. The Balaban J connectivity index is 1.74. The molecule has 0 bridgehead atoms. The fraction of sp³-hybridized carbons (Fsp3) is 0.381. The molecule has 1 fully saturated rings. The molecule has 0 radical (unpaired) electrons. The average molecular weight is 339 g/mol. The number of aryl methyl sites for hydroxylation is 3. The van der Waals surface area contributed by atoms with Gasteiger partial charge in [-0.05, 0) is 74.6 Å². The molecule has 132 valence electrons. The first-order chi connectivity index (χ1) is 12.0. The topological polar surface area (TPSA) is 47.6 Å². The number of amides is 1. The Morgan fingerprint density at radius 2 is 2.00 bits per heavy atom. The SMILES string of the molecule is Cc1ccc(NC(=O)c2ccc(C)c(C)c2)c(OCC2CCCO2)c1. The van der Waals surface area contributed by atoms with E-state index in [4.69, 9.17) is 9.47 Å². The van der Waals surface area contributed by atoms with Crippen LogP contribution in [0, 0.1) is 20.8 Å². The molecule has 4 nitrogen and oxygen atoms in total. The van der Waals surface area contributed by atoms with E-state index in [9.17, 15) is 4.79 Å². The van der Waals surface area contributed by atoms with Gasteiger partial charge in [-0.2, -0.15) is 0 Å². The van der Waals surface area contributed by atoms with Crippen molar-refractivity contribution < 1.29 is 14.3 Å². The molecule has 1 N–H and O–H groups in total. The Kier molecular flexibility index (Phi) is 5.39. The van der Waals surface area contributed by atoms with Gasteiger partial charge in [-0.1, -0.05) is 12.1 Å². The van der Waals surface area contributed by atoms with Crippen LogP contribution >= 0.6 is 0 Å². The molecule has 1 atom stereocenters. The van der Waals surface area contributed by atoms with Gasteiger partial charge in [-0.3, -0.25) is 4.79 Å². The van der Waals surface area contributed by atoms with E-state index in [1.165, 1.54) is 5.56 Å². The largest absolute Gasteiger partial charge is 0.489 e. The lowest BCUT2D eigenvalue weighted by Gasteiger charge is -2.16. The van der Waals surface area contributed by atoms with E-state index >= 15 is 0 Å². The minimum absolute atomic E-state index is 0.131. The first-order valence-electron chi connectivity index (χ1n) is 8.76. The van der Waals surface area contributed by atoms with Crippen LogP contribution in [0.5, 0.6) is 5.75 Å². The molecule has 0 saturated carbocycles. The zero-order valence-electron chi connectivity index (χ0n) is 15.1. The number of rotatable bonds is 5. The van der Waals surface area contributed by atoms with Gasteiger partial charge in [-0.15, -0.1) is 0 Å². The molecule has 2 aromatic carbocycles. The first-order valence-corrected chi connectivity index (χ1v) is 8.76. The van der Waals surface area contributed by atoms with Gasteiger partial charge < -0.3 is 14.8 Å². The van der Waals surface area contributed by atoms with E-state index in [1.54, 1.807) is 0 Å². The molecule has 1 heterocycles. The van der Waals surface area contributed by atoms with E-state index in [1.807, 2.05) is 57.2 Å². The second-order valence-electron chi connectivity index (χ2n) is 6.70. The highest BCUT2D eigenvalue weighted by atomic mass is 16.5. The molecule has 1 saturated heterocycles. The lowest BCUT2D eigenvalue weighted by Crippen LogP contribution is -2.18. The maximum atomic E-state index is 12.6. The van der Waals surface area contributed by atoms with Crippen molar-refractivity contribution in [1.82, 2.24) is 0 Å². The second kappa shape index (κ2) is 7.70. The third-order valence-electron chi connectivity index (χ3n) is 4.60. The maximum absolute atomic E-state index is 12.6. The van der Waals surface area contributed by atoms with Gasteiger partial charge in [0.25, 0.3) is 5.91 Å². The predicted octanol–water partition coefficient (Wildman–Crippen LogP) is 4.42. The highest BCUT2D eigenvalue weighted by Gasteiger charge is 2.17. The van der Waals surface area contributed by atoms with Crippen molar-refractivity contribution in [2.24, 2.45) is 0 Å². The number of carbonyl (C=O) groups is 1. The number of nitrogens with one attached hydrogen (secondary N) is 1. The number of hydrogen-bond donors (Lipinski definition) is 1. The summed E-state index contributed by atoms with van der Waals surface area (Å²) in [6.45, 7) is 7.37. The molecule has 0 aliphatic carbocycles. The maximum Gasteiger partial charge on any atom is 0.255 e. The lowest BCUT2D eigenvalue weighted by atomic mass is 10.1. The standard InChI is InChI=1S/C21H25NO3/c1-14-6-9-19(20(11-14)25-13-18-5-4-10-24-18)22-21(23)17-8-7-15(2)16(3)12-17/h6-9,11-12,18H,4-5,10,13H2,1-3H3,(H,22,23). The molecular formula is C21H25NO3. The molecule has 1 aliphatic heterocycles. The van der Waals surface area contributed by atoms with Crippen LogP contribution in [0.4, 0.5) is 5.69 Å². The summed E-state index contributed by atoms with van der Waals surface area (Å²) in [4.78, 5) is 12.6. The van der Waals surface area contributed by atoms with Crippen molar-refractivity contribution in [3.05, 3.63) is 58.7 Å². The van der Waals surface area contributed by atoms with Crippen LogP contribution in [-0.4, -0.2) is 25.2 Å². The van der Waals surface area contributed by atoms with Gasteiger partial charge in [0.05, 0.1) is 11.8 Å². The monoisotopic (exact) mass is 339 g/mol. The van der Waals surface area contributed by atoms with Gasteiger partial charge in [-0.25, -0.2) is 0 Å². The highest BCUT2D eigenvalue weighted by Crippen LogP contribution is 2.27. The van der Waals surface area contributed by atoms with Crippen LogP contribution < -0.4 is 10.1 Å². The number of anilines is 1. The molecule has 1 aliphatic rings. The quantitative estimate of drug-likeness (QED) is 0.877. The summed E-state index contributed by atoms with van der Waals surface area (Å²) in [6, 6.07) is 11.5. The fourth-order valence-corrected chi connectivity index (χ4v) is 2.89. The zero-order chi connectivity index (χ0) is 17.8. The van der Waals surface area contributed by atoms with Crippen molar-refractivity contribution in [3.63, 3.8) is 0 Å². The zero-order valence-corrected chi connectivity index (χ0v) is 15.1. The minimum atomic E-state index is -0.131. The lowest BCUT2D eigenvalue weighted by molar-refractivity contribution is 0.0681. The molecule has 4 heteroatoms. The van der Waals surface area contributed by atoms with Crippen LogP contribution in [-0.2, 0) is 4.74 Å². The van der Waals surface area contributed by atoms with Crippen LogP contribution in [0.3, 0.4) is 0 Å². The second-order valence-corrected chi connectivity index (χ2v) is 6.70. The highest BCUT2D eigenvalue weighted by molar-refractivity contribution is 6.05. The van der Waals surface area contributed by atoms with Gasteiger partial charge in [0.1, 0.15) is 12.4 Å². The molecule has 3 rings (SSSR count). The van der Waals surface area contributed by atoms with Gasteiger partial charge >= 0.3 is 0 Å². The molecule has 25 heavy (non-hydrogen) atoms. The minimum Gasteiger partial charge on any atom is -0.489 e. The van der Waals surface area contributed by atoms with Crippen LogP contribution in [0.15, 0.2) is 36.4 Å². The summed E-state index contributed by atoms with van der Waals surface area (Å²) in [5.74, 6) is 0.557. The average Bonchev–Trinajstić information content (AvgIpc) is 3.11. The van der Waals surface area contributed by atoms with E-state index in [-0.39, 0.29) is 12.0 Å². The van der Waals surface area contributed by atoms with Gasteiger partial charge in [0, 0.05) is 12.2 Å². The van der Waals surface area contributed by atoms with Crippen molar-refractivity contribution >= 4 is 11.6 Å². The van der Waals surface area contributed by atoms with Crippen molar-refractivity contribution in [2.45, 2.75) is 39.7 Å². The van der Waals surface area contributed by atoms with Crippen LogP contribution in [0.25, 0.3) is 0 Å². The molecule has 0 spiro atoms. The number of benzene rings is 2. The van der Waals surface area contributed by atoms with E-state index in [0.29, 0.717) is 23.6 Å². The molecule has 2 aromatic rings. The molecular weight excluding hydrogens is 314 g/mol. The first kappa shape index (κ1) is 17.5. The Hall–Kier alpha value is -2.33. The number of carbonyl (C=O) groups excluding carboxylic acids is 1. The molecule has 1 unspecified atom stereocenters. The van der Waals surface area contributed by atoms with Gasteiger partial charge in [0.2, 0.25) is 0 Å². The third-order valence-corrected chi connectivity index (χ3v) is 4.60. The molecule has 0 aromatic heterocycles. The third kappa shape index (κ3) is 4.40. The Morgan fingerprint density at radius 3 is 2.72 bits per heavy atom. The molecule has 1 amide bonds. The summed E-state index contributed by atoms with van der Waals surface area (Å²) in [5.41, 5.74) is 4.70. The smallest absolute Gasteiger partial charge is 0.255 e. The summed E-state index contributed by atoms with van der Waals surface area (Å²) in [5, 5.41) is 2.97. The summed E-state index contributed by atoms with van der Waals surface area (Å²) in [7, 11) is 0. The van der Waals surface area contributed by atoms with Gasteiger partial charge in [0.15, 0.2) is 0 Å². The summed E-state index contributed by atoms with van der Waals surface area (Å²) >= 11 is 0. The number of ether oxygens (including phenoxy) is 2.